The zero-order chi connectivity index (χ0) is 14.4. The number of hydrogen-bond donors (Lipinski definition) is 0. The molecule has 1 aliphatic rings. The fraction of sp³-hybridized carbons (Fsp3) is 0.467. The first kappa shape index (κ1) is 14.7. The highest BCUT2D eigenvalue weighted by Gasteiger charge is 2.13. The Morgan fingerprint density at radius 3 is 2.80 bits per heavy atom. The lowest BCUT2D eigenvalue weighted by Gasteiger charge is -2.26. The van der Waals surface area contributed by atoms with Gasteiger partial charge in [0.2, 0.25) is 0 Å². The van der Waals surface area contributed by atoms with Gasteiger partial charge in [-0.15, -0.1) is 0 Å². The van der Waals surface area contributed by atoms with Gasteiger partial charge in [0.25, 0.3) is 0 Å². The van der Waals surface area contributed by atoms with Crippen LogP contribution < -0.4 is 4.74 Å². The number of esters is 1. The summed E-state index contributed by atoms with van der Waals surface area (Å²) in [5.74, 6) is -0.00777. The molecule has 1 aliphatic heterocycles. The second-order valence-electron chi connectivity index (χ2n) is 4.71. The molecule has 0 atom stereocenters. The molecule has 5 nitrogen and oxygen atoms in total. The van der Waals surface area contributed by atoms with Gasteiger partial charge in [0.15, 0.2) is 6.29 Å². The number of carbonyl (C=O) groups excluding carboxylic acids is 2. The van der Waals surface area contributed by atoms with Crippen LogP contribution in [-0.4, -0.2) is 43.5 Å². The van der Waals surface area contributed by atoms with Crippen LogP contribution >= 0.6 is 0 Å². The summed E-state index contributed by atoms with van der Waals surface area (Å²) in [7, 11) is 0. The molecule has 2 rings (SSSR count). The van der Waals surface area contributed by atoms with Crippen molar-refractivity contribution in [2.24, 2.45) is 0 Å². The van der Waals surface area contributed by atoms with Crippen LogP contribution in [0.2, 0.25) is 0 Å². The molecule has 0 radical (unpaired) electrons. The average Bonchev–Trinajstić information content (AvgIpc) is 2.49. The Balaban J connectivity index is 2.07. The van der Waals surface area contributed by atoms with E-state index < -0.39 is 0 Å². The maximum absolute atomic E-state index is 11.3. The minimum atomic E-state index is -0.339. The molecule has 5 heteroatoms. The molecule has 108 valence electrons. The molecule has 1 aromatic rings. The summed E-state index contributed by atoms with van der Waals surface area (Å²) in [5.41, 5.74) is 1.45. The van der Waals surface area contributed by atoms with Crippen molar-refractivity contribution in [1.29, 1.82) is 0 Å². The van der Waals surface area contributed by atoms with Crippen molar-refractivity contribution in [3.05, 3.63) is 29.3 Å². The lowest BCUT2D eigenvalue weighted by molar-refractivity contribution is -0.134. The summed E-state index contributed by atoms with van der Waals surface area (Å²) in [6.45, 7) is 5.76. The maximum atomic E-state index is 11.3. The maximum Gasteiger partial charge on any atom is 0.310 e. The van der Waals surface area contributed by atoms with Crippen molar-refractivity contribution >= 4 is 12.3 Å². The second kappa shape index (κ2) is 7.17. The number of rotatable bonds is 5. The van der Waals surface area contributed by atoms with Gasteiger partial charge in [-0.25, -0.2) is 0 Å². The van der Waals surface area contributed by atoms with Crippen LogP contribution in [0.1, 0.15) is 29.3 Å². The number of carbonyl (C=O) groups is 2. The molecule has 0 aromatic heterocycles. The van der Waals surface area contributed by atoms with Gasteiger partial charge in [0.05, 0.1) is 18.8 Å². The van der Waals surface area contributed by atoms with E-state index in [0.717, 1.165) is 44.7 Å². The Labute approximate surface area is 118 Å². The Kier molecular flexibility index (Phi) is 5.26. The first-order valence-corrected chi connectivity index (χ1v) is 6.82. The second-order valence-corrected chi connectivity index (χ2v) is 4.71. The molecule has 1 fully saturated rings. The van der Waals surface area contributed by atoms with Gasteiger partial charge in [-0.05, 0) is 17.7 Å². The van der Waals surface area contributed by atoms with Crippen molar-refractivity contribution in [3.63, 3.8) is 0 Å². The van der Waals surface area contributed by atoms with Gasteiger partial charge >= 0.3 is 5.97 Å². The summed E-state index contributed by atoms with van der Waals surface area (Å²) < 4.78 is 10.4. The molecular weight excluding hydrogens is 258 g/mol. The van der Waals surface area contributed by atoms with E-state index in [0.29, 0.717) is 11.3 Å². The van der Waals surface area contributed by atoms with Crippen molar-refractivity contribution in [2.45, 2.75) is 19.9 Å². The summed E-state index contributed by atoms with van der Waals surface area (Å²) >= 11 is 0. The Bertz CT molecular complexity index is 481. The van der Waals surface area contributed by atoms with Crippen LogP contribution in [0.25, 0.3) is 0 Å². The topological polar surface area (TPSA) is 55.8 Å². The third-order valence-electron chi connectivity index (χ3n) is 3.22. The summed E-state index contributed by atoms with van der Waals surface area (Å²) in [6, 6.07) is 5.36. The zero-order valence-corrected chi connectivity index (χ0v) is 11.6. The largest absolute Gasteiger partial charge is 0.426 e. The normalized spacial score (nSPS) is 15.8. The van der Waals surface area contributed by atoms with Crippen LogP contribution in [0, 0.1) is 0 Å². The standard InChI is InChI=1S/C15H19NO4/c1-2-15(18)20-14-4-3-12(9-13(14)11-17)10-16-5-7-19-8-6-16/h3-4,9,11H,2,5-8,10H2,1H3. The highest BCUT2D eigenvalue weighted by atomic mass is 16.5. The van der Waals surface area contributed by atoms with Gasteiger partial charge in [0, 0.05) is 26.1 Å². The molecular formula is C15H19NO4. The van der Waals surface area contributed by atoms with Crippen LogP contribution in [0.3, 0.4) is 0 Å². The zero-order valence-electron chi connectivity index (χ0n) is 11.6. The predicted molar refractivity (Wildman–Crippen MR) is 73.9 cm³/mol. The molecule has 1 saturated heterocycles. The highest BCUT2D eigenvalue weighted by Crippen LogP contribution is 2.20. The summed E-state index contributed by atoms with van der Waals surface area (Å²) in [4.78, 5) is 24.7. The molecule has 0 amide bonds. The third-order valence-corrected chi connectivity index (χ3v) is 3.22. The molecule has 0 aliphatic carbocycles. The fourth-order valence-corrected chi connectivity index (χ4v) is 2.09. The van der Waals surface area contributed by atoms with Gasteiger partial charge in [-0.2, -0.15) is 0 Å². The molecule has 20 heavy (non-hydrogen) atoms. The molecule has 0 N–H and O–H groups in total. The van der Waals surface area contributed by atoms with Gasteiger partial charge in [0.1, 0.15) is 5.75 Å². The van der Waals surface area contributed by atoms with E-state index >= 15 is 0 Å². The van der Waals surface area contributed by atoms with E-state index in [-0.39, 0.29) is 12.4 Å². The number of nitrogens with zero attached hydrogens (tertiary/aromatic N) is 1. The Morgan fingerprint density at radius 1 is 1.40 bits per heavy atom. The summed E-state index contributed by atoms with van der Waals surface area (Å²) in [5, 5.41) is 0. The number of aldehydes is 1. The van der Waals surface area contributed by atoms with E-state index in [1.165, 1.54) is 0 Å². The van der Waals surface area contributed by atoms with Gasteiger partial charge < -0.3 is 9.47 Å². The van der Waals surface area contributed by atoms with Crippen LogP contribution in [0.4, 0.5) is 0 Å². The van der Waals surface area contributed by atoms with E-state index in [9.17, 15) is 9.59 Å². The molecule has 0 saturated carbocycles. The minimum absolute atomic E-state index is 0.286. The lowest BCUT2D eigenvalue weighted by Crippen LogP contribution is -2.35. The van der Waals surface area contributed by atoms with E-state index in [2.05, 4.69) is 4.90 Å². The first-order chi connectivity index (χ1) is 9.72. The quantitative estimate of drug-likeness (QED) is 0.465. The number of morpholine rings is 1. The SMILES string of the molecule is CCC(=O)Oc1ccc(CN2CCOCC2)cc1C=O. The minimum Gasteiger partial charge on any atom is -0.426 e. The summed E-state index contributed by atoms with van der Waals surface area (Å²) in [6.07, 6.45) is 1.01. The highest BCUT2D eigenvalue weighted by molar-refractivity contribution is 5.82. The van der Waals surface area contributed by atoms with Crippen molar-refractivity contribution in [2.75, 3.05) is 26.3 Å². The molecule has 1 aromatic carbocycles. The molecule has 0 spiro atoms. The molecule has 1 heterocycles. The molecule has 0 unspecified atom stereocenters. The van der Waals surface area contributed by atoms with Crippen LogP contribution in [0.5, 0.6) is 5.75 Å². The van der Waals surface area contributed by atoms with E-state index in [1.807, 2.05) is 6.07 Å². The van der Waals surface area contributed by atoms with E-state index in [1.54, 1.807) is 19.1 Å². The smallest absolute Gasteiger partial charge is 0.310 e. The Morgan fingerprint density at radius 2 is 2.15 bits per heavy atom. The number of benzene rings is 1. The van der Waals surface area contributed by atoms with Crippen LogP contribution in [-0.2, 0) is 16.1 Å². The first-order valence-electron chi connectivity index (χ1n) is 6.82. The van der Waals surface area contributed by atoms with Gasteiger partial charge in [-0.1, -0.05) is 13.0 Å². The van der Waals surface area contributed by atoms with Crippen LogP contribution in [0.15, 0.2) is 18.2 Å². The Hall–Kier alpha value is -1.72. The van der Waals surface area contributed by atoms with E-state index in [4.69, 9.17) is 9.47 Å². The average molecular weight is 277 g/mol. The van der Waals surface area contributed by atoms with Gasteiger partial charge in [-0.3, -0.25) is 14.5 Å². The molecule has 0 bridgehead atoms. The third kappa shape index (κ3) is 3.88. The predicted octanol–water partition coefficient (Wildman–Crippen LogP) is 1.65. The number of hydrogen-bond acceptors (Lipinski definition) is 5. The van der Waals surface area contributed by atoms with Crippen molar-refractivity contribution < 1.29 is 19.1 Å². The number of ether oxygens (including phenoxy) is 2. The monoisotopic (exact) mass is 277 g/mol. The lowest BCUT2D eigenvalue weighted by atomic mass is 10.1. The van der Waals surface area contributed by atoms with Crippen molar-refractivity contribution in [1.82, 2.24) is 4.90 Å². The fourth-order valence-electron chi connectivity index (χ4n) is 2.09. The van der Waals surface area contributed by atoms with Crippen molar-refractivity contribution in [3.8, 4) is 5.75 Å².